The minimum atomic E-state index is -0.336. The Bertz CT molecular complexity index is 312. The van der Waals surface area contributed by atoms with Crippen molar-refractivity contribution in [2.45, 2.75) is 46.0 Å². The van der Waals surface area contributed by atoms with Gasteiger partial charge in [-0.3, -0.25) is 9.59 Å². The number of rotatable bonds is 8. The van der Waals surface area contributed by atoms with Gasteiger partial charge in [-0.15, -0.1) is 0 Å². The van der Waals surface area contributed by atoms with Crippen LogP contribution in [0.5, 0.6) is 0 Å². The summed E-state index contributed by atoms with van der Waals surface area (Å²) in [5.74, 6) is 0.316. The molecule has 0 aromatic heterocycles. The number of primary amides is 1. The van der Waals surface area contributed by atoms with Crippen molar-refractivity contribution in [3.63, 3.8) is 0 Å². The summed E-state index contributed by atoms with van der Waals surface area (Å²) in [7, 11) is 0. The van der Waals surface area contributed by atoms with Crippen molar-refractivity contribution in [3.05, 3.63) is 0 Å². The lowest BCUT2D eigenvalue weighted by Gasteiger charge is -2.30. The van der Waals surface area contributed by atoms with Gasteiger partial charge in [-0.25, -0.2) is 0 Å². The predicted octanol–water partition coefficient (Wildman–Crippen LogP) is 1.13. The summed E-state index contributed by atoms with van der Waals surface area (Å²) in [6, 6.07) is 0. The number of nitrogens with one attached hydrogen (secondary N) is 1. The summed E-state index contributed by atoms with van der Waals surface area (Å²) < 4.78 is 0. The third-order valence-electron chi connectivity index (χ3n) is 4.14. The molecule has 20 heavy (non-hydrogen) atoms. The molecule has 1 saturated heterocycles. The summed E-state index contributed by atoms with van der Waals surface area (Å²) in [5, 5.41) is 2.91. The Hall–Kier alpha value is -1.10. The van der Waals surface area contributed by atoms with E-state index in [2.05, 4.69) is 17.1 Å². The van der Waals surface area contributed by atoms with Gasteiger partial charge < -0.3 is 16.0 Å². The number of likely N-dealkylation sites (tertiary alicyclic amines) is 1. The van der Waals surface area contributed by atoms with Crippen LogP contribution in [-0.4, -0.2) is 42.9 Å². The smallest absolute Gasteiger partial charge is 0.220 e. The van der Waals surface area contributed by atoms with Crippen molar-refractivity contribution in [3.8, 4) is 0 Å². The van der Waals surface area contributed by atoms with Crippen molar-refractivity contribution in [2.24, 2.45) is 17.6 Å². The first-order chi connectivity index (χ1) is 9.49. The van der Waals surface area contributed by atoms with E-state index in [1.165, 1.54) is 25.9 Å². The first-order valence-electron chi connectivity index (χ1n) is 7.77. The number of hydrogen-bond donors (Lipinski definition) is 2. The van der Waals surface area contributed by atoms with Crippen LogP contribution < -0.4 is 11.1 Å². The summed E-state index contributed by atoms with van der Waals surface area (Å²) >= 11 is 0. The van der Waals surface area contributed by atoms with Gasteiger partial charge in [0.1, 0.15) is 0 Å². The molecule has 0 unspecified atom stereocenters. The summed E-state index contributed by atoms with van der Waals surface area (Å²) in [5.41, 5.74) is 5.16. The van der Waals surface area contributed by atoms with Crippen molar-refractivity contribution in [1.29, 1.82) is 0 Å². The van der Waals surface area contributed by atoms with E-state index in [-0.39, 0.29) is 17.7 Å². The Labute approximate surface area is 122 Å². The molecule has 3 N–H and O–H groups in total. The van der Waals surface area contributed by atoms with Gasteiger partial charge in [-0.1, -0.05) is 13.8 Å². The van der Waals surface area contributed by atoms with Crippen LogP contribution in [-0.2, 0) is 9.59 Å². The Kier molecular flexibility index (Phi) is 7.59. The fourth-order valence-corrected chi connectivity index (χ4v) is 2.39. The second-order valence-corrected chi connectivity index (χ2v) is 6.07. The van der Waals surface area contributed by atoms with E-state index in [0.29, 0.717) is 12.8 Å². The number of carbonyl (C=O) groups is 2. The maximum atomic E-state index is 11.6. The molecule has 1 rings (SSSR count). The average molecular weight is 283 g/mol. The Morgan fingerprint density at radius 1 is 1.35 bits per heavy atom. The molecule has 2 amide bonds. The van der Waals surface area contributed by atoms with Crippen LogP contribution in [0.2, 0.25) is 0 Å². The first kappa shape index (κ1) is 17.0. The number of amides is 2. The van der Waals surface area contributed by atoms with E-state index in [9.17, 15) is 9.59 Å². The second-order valence-electron chi connectivity index (χ2n) is 6.07. The van der Waals surface area contributed by atoms with Crippen LogP contribution in [0.1, 0.15) is 46.0 Å². The zero-order chi connectivity index (χ0) is 15.0. The molecule has 0 aromatic rings. The van der Waals surface area contributed by atoms with E-state index in [1.54, 1.807) is 6.92 Å². The van der Waals surface area contributed by atoms with E-state index in [0.717, 1.165) is 25.4 Å². The van der Waals surface area contributed by atoms with Gasteiger partial charge in [0.15, 0.2) is 0 Å². The van der Waals surface area contributed by atoms with Crippen LogP contribution >= 0.6 is 0 Å². The molecule has 0 bridgehead atoms. The van der Waals surface area contributed by atoms with Crippen LogP contribution in [0.3, 0.4) is 0 Å². The van der Waals surface area contributed by atoms with Gasteiger partial charge in [-0.05, 0) is 51.2 Å². The number of hydrogen-bond acceptors (Lipinski definition) is 3. The molecule has 1 fully saturated rings. The van der Waals surface area contributed by atoms with E-state index in [4.69, 9.17) is 5.73 Å². The van der Waals surface area contributed by atoms with Gasteiger partial charge in [-0.2, -0.15) is 0 Å². The van der Waals surface area contributed by atoms with Crippen molar-refractivity contribution in [2.75, 3.05) is 26.2 Å². The maximum Gasteiger partial charge on any atom is 0.220 e. The third kappa shape index (κ3) is 6.89. The number of nitrogens with two attached hydrogens (primary N) is 1. The molecule has 0 aromatic carbocycles. The topological polar surface area (TPSA) is 75.4 Å². The summed E-state index contributed by atoms with van der Waals surface area (Å²) in [6.07, 6.45) is 4.48. The van der Waals surface area contributed by atoms with E-state index in [1.807, 2.05) is 0 Å². The van der Waals surface area contributed by atoms with Gasteiger partial charge in [0.05, 0.1) is 0 Å². The highest BCUT2D eigenvalue weighted by molar-refractivity contribution is 5.79. The molecular weight excluding hydrogens is 254 g/mol. The van der Waals surface area contributed by atoms with Crippen LogP contribution in [0.15, 0.2) is 0 Å². The molecule has 0 aliphatic carbocycles. The second kappa shape index (κ2) is 8.95. The number of piperidine rings is 1. The highest BCUT2D eigenvalue weighted by atomic mass is 16.2. The van der Waals surface area contributed by atoms with Gasteiger partial charge in [0, 0.05) is 18.9 Å². The van der Waals surface area contributed by atoms with Gasteiger partial charge in [0.25, 0.3) is 0 Å². The Balaban J connectivity index is 2.00. The fourth-order valence-electron chi connectivity index (χ4n) is 2.39. The monoisotopic (exact) mass is 283 g/mol. The molecule has 5 nitrogen and oxygen atoms in total. The Morgan fingerprint density at radius 2 is 2.00 bits per heavy atom. The minimum Gasteiger partial charge on any atom is -0.369 e. The van der Waals surface area contributed by atoms with E-state index < -0.39 is 0 Å². The molecule has 1 atom stereocenters. The molecule has 116 valence electrons. The largest absolute Gasteiger partial charge is 0.369 e. The van der Waals surface area contributed by atoms with Crippen LogP contribution in [0, 0.1) is 11.8 Å². The van der Waals surface area contributed by atoms with Crippen LogP contribution in [0.4, 0.5) is 0 Å². The molecule has 1 heterocycles. The van der Waals surface area contributed by atoms with Crippen molar-refractivity contribution < 1.29 is 9.59 Å². The van der Waals surface area contributed by atoms with Crippen molar-refractivity contribution >= 4 is 11.8 Å². The van der Waals surface area contributed by atoms with Crippen molar-refractivity contribution in [1.82, 2.24) is 10.2 Å². The highest BCUT2D eigenvalue weighted by Gasteiger charge is 2.15. The average Bonchev–Trinajstić information content (AvgIpc) is 2.42. The summed E-state index contributed by atoms with van der Waals surface area (Å²) in [6.45, 7) is 8.22. The quantitative estimate of drug-likeness (QED) is 0.656. The zero-order valence-electron chi connectivity index (χ0n) is 12.9. The standard InChI is InChI=1S/C15H29N3O2/c1-12-6-10-18(11-7-12)9-3-8-17-14(19)5-4-13(2)15(16)20/h12-13H,3-11H2,1-2H3,(H2,16,20)(H,17,19)/t13-/m0/s1. The zero-order valence-corrected chi connectivity index (χ0v) is 12.9. The minimum absolute atomic E-state index is 0.0189. The SMILES string of the molecule is CC1CCN(CCCNC(=O)CC[C@H](C)C(N)=O)CC1. The highest BCUT2D eigenvalue weighted by Crippen LogP contribution is 2.15. The lowest BCUT2D eigenvalue weighted by atomic mass is 9.99. The maximum absolute atomic E-state index is 11.6. The van der Waals surface area contributed by atoms with E-state index >= 15 is 0 Å². The fraction of sp³-hybridized carbons (Fsp3) is 0.867. The molecule has 0 saturated carbocycles. The molecule has 1 aliphatic heterocycles. The molecule has 0 spiro atoms. The first-order valence-corrected chi connectivity index (χ1v) is 7.77. The van der Waals surface area contributed by atoms with Gasteiger partial charge >= 0.3 is 0 Å². The normalized spacial score (nSPS) is 18.7. The summed E-state index contributed by atoms with van der Waals surface area (Å²) in [4.78, 5) is 24.9. The van der Waals surface area contributed by atoms with Crippen LogP contribution in [0.25, 0.3) is 0 Å². The molecule has 1 aliphatic rings. The Morgan fingerprint density at radius 3 is 2.60 bits per heavy atom. The number of nitrogens with zero attached hydrogens (tertiary/aromatic N) is 1. The van der Waals surface area contributed by atoms with Gasteiger partial charge in [0.2, 0.25) is 11.8 Å². The lowest BCUT2D eigenvalue weighted by Crippen LogP contribution is -2.35. The molecular formula is C15H29N3O2. The molecule has 0 radical (unpaired) electrons. The lowest BCUT2D eigenvalue weighted by molar-refractivity contribution is -0.123. The third-order valence-corrected chi connectivity index (χ3v) is 4.14. The molecule has 5 heteroatoms. The predicted molar refractivity (Wildman–Crippen MR) is 80.1 cm³/mol. The number of carbonyl (C=O) groups excluding carboxylic acids is 2.